The number of ketones is 1. The van der Waals surface area contributed by atoms with Gasteiger partial charge in [0, 0.05) is 12.0 Å². The van der Waals surface area contributed by atoms with E-state index in [1.807, 2.05) is 17.7 Å². The SMILES string of the molecule is CCC(=O)c1ccc(Cl)c(Cl)c1.c1nc2cn1-2. The van der Waals surface area contributed by atoms with E-state index in [1.54, 1.807) is 24.5 Å². The number of benzene rings is 1. The first-order valence-electron chi connectivity index (χ1n) is 5.14. The van der Waals surface area contributed by atoms with E-state index in [-0.39, 0.29) is 5.78 Å². The molecule has 1 aromatic rings. The smallest absolute Gasteiger partial charge is 0.162 e. The zero-order valence-corrected chi connectivity index (χ0v) is 10.7. The Labute approximate surface area is 109 Å². The molecule has 2 aliphatic rings. The van der Waals surface area contributed by atoms with Crippen molar-refractivity contribution in [3.63, 3.8) is 0 Å². The van der Waals surface area contributed by atoms with Gasteiger partial charge in [-0.1, -0.05) is 30.1 Å². The summed E-state index contributed by atoms with van der Waals surface area (Å²) in [6, 6.07) is 4.91. The van der Waals surface area contributed by atoms with E-state index in [9.17, 15) is 4.79 Å². The number of rotatable bonds is 2. The number of carbonyl (C=O) groups is 1. The molecule has 0 fully saturated rings. The first-order valence-corrected chi connectivity index (χ1v) is 5.90. The zero-order chi connectivity index (χ0) is 12.4. The zero-order valence-electron chi connectivity index (χ0n) is 9.15. The Morgan fingerprint density at radius 1 is 1.35 bits per heavy atom. The number of nitrogens with zero attached hydrogens (tertiary/aromatic N) is 2. The van der Waals surface area contributed by atoms with Gasteiger partial charge in [0.25, 0.3) is 0 Å². The van der Waals surface area contributed by atoms with Crippen LogP contribution >= 0.6 is 23.2 Å². The molecule has 0 atom stereocenters. The summed E-state index contributed by atoms with van der Waals surface area (Å²) in [7, 11) is 0. The lowest BCUT2D eigenvalue weighted by Crippen LogP contribution is -1.95. The average molecular weight is 269 g/mol. The predicted octanol–water partition coefficient (Wildman–Crippen LogP) is 3.77. The van der Waals surface area contributed by atoms with Crippen LogP contribution in [0.25, 0.3) is 5.82 Å². The normalized spacial score (nSPS) is 10.5. The molecular weight excluding hydrogens is 259 g/mol. The highest BCUT2D eigenvalue weighted by Crippen LogP contribution is 2.23. The summed E-state index contributed by atoms with van der Waals surface area (Å²) in [5.74, 6) is 1.21. The van der Waals surface area contributed by atoms with Gasteiger partial charge in [0.15, 0.2) is 11.6 Å². The molecule has 0 unspecified atom stereocenters. The fourth-order valence-electron chi connectivity index (χ4n) is 1.23. The summed E-state index contributed by atoms with van der Waals surface area (Å²) in [6.45, 7) is 1.81. The van der Waals surface area contributed by atoms with Crippen molar-refractivity contribution in [3.8, 4) is 5.82 Å². The average Bonchev–Trinajstić information content (AvgIpc) is 2.89. The van der Waals surface area contributed by atoms with Crippen molar-refractivity contribution >= 4 is 29.0 Å². The summed E-state index contributed by atoms with van der Waals surface area (Å²) in [5, 5.41) is 0.903. The highest BCUT2D eigenvalue weighted by atomic mass is 35.5. The van der Waals surface area contributed by atoms with E-state index in [0.717, 1.165) is 5.82 Å². The van der Waals surface area contributed by atoms with Crippen LogP contribution in [-0.4, -0.2) is 15.3 Å². The Kier molecular flexibility index (Phi) is 3.50. The molecule has 0 N–H and O–H groups in total. The highest BCUT2D eigenvalue weighted by Gasteiger charge is 2.10. The Balaban J connectivity index is 0.000000174. The molecule has 0 spiro atoms. The molecule has 0 saturated carbocycles. The minimum absolute atomic E-state index is 0.0774. The number of halogens is 2. The Hall–Kier alpha value is -1.32. The fraction of sp³-hybridized carbons (Fsp3) is 0.167. The number of fused-ring (bicyclic) bond motifs is 1. The molecule has 0 aliphatic carbocycles. The van der Waals surface area contributed by atoms with Gasteiger partial charge < -0.3 is 0 Å². The second-order valence-electron chi connectivity index (χ2n) is 3.54. The van der Waals surface area contributed by atoms with Gasteiger partial charge >= 0.3 is 0 Å². The summed E-state index contributed by atoms with van der Waals surface area (Å²) in [6.07, 6.45) is 4.24. The van der Waals surface area contributed by atoms with Crippen LogP contribution in [0.3, 0.4) is 0 Å². The van der Waals surface area contributed by atoms with Crippen LogP contribution in [0.2, 0.25) is 10.0 Å². The maximum absolute atomic E-state index is 11.2. The maximum atomic E-state index is 11.2. The molecule has 3 rings (SSSR count). The molecule has 2 heterocycles. The second-order valence-corrected chi connectivity index (χ2v) is 4.36. The minimum Gasteiger partial charge on any atom is -0.294 e. The summed E-state index contributed by atoms with van der Waals surface area (Å²) >= 11 is 11.4. The fourth-order valence-corrected chi connectivity index (χ4v) is 1.53. The molecule has 0 radical (unpaired) electrons. The van der Waals surface area contributed by atoms with E-state index in [2.05, 4.69) is 4.98 Å². The van der Waals surface area contributed by atoms with Crippen LogP contribution in [0.4, 0.5) is 0 Å². The molecule has 2 aliphatic heterocycles. The third-order valence-corrected chi connectivity index (χ3v) is 3.07. The van der Waals surface area contributed by atoms with Crippen molar-refractivity contribution < 1.29 is 4.79 Å². The van der Waals surface area contributed by atoms with Crippen LogP contribution < -0.4 is 0 Å². The predicted molar refractivity (Wildman–Crippen MR) is 68.2 cm³/mol. The minimum atomic E-state index is 0.0774. The lowest BCUT2D eigenvalue weighted by Gasteiger charge is -1.99. The van der Waals surface area contributed by atoms with E-state index >= 15 is 0 Å². The van der Waals surface area contributed by atoms with Gasteiger partial charge in [-0.2, -0.15) is 0 Å². The van der Waals surface area contributed by atoms with Crippen molar-refractivity contribution in [1.29, 1.82) is 0 Å². The molecular formula is C12H10Cl2N2O. The Morgan fingerprint density at radius 3 is 2.41 bits per heavy atom. The molecule has 1 aromatic carbocycles. The maximum Gasteiger partial charge on any atom is 0.162 e. The first-order chi connectivity index (χ1) is 8.11. The molecule has 0 bridgehead atoms. The number of Topliss-reactive ketones (excluding diaryl/α,β-unsaturated/α-hetero) is 1. The number of hydrogen-bond acceptors (Lipinski definition) is 2. The van der Waals surface area contributed by atoms with Gasteiger partial charge in [-0.25, -0.2) is 4.98 Å². The van der Waals surface area contributed by atoms with E-state index in [0.29, 0.717) is 22.0 Å². The van der Waals surface area contributed by atoms with Crippen LogP contribution in [0.5, 0.6) is 0 Å². The number of imidazole rings is 1. The van der Waals surface area contributed by atoms with Crippen LogP contribution in [0.15, 0.2) is 30.7 Å². The van der Waals surface area contributed by atoms with Gasteiger partial charge in [-0.05, 0) is 18.2 Å². The van der Waals surface area contributed by atoms with Crippen LogP contribution in [-0.2, 0) is 0 Å². The second kappa shape index (κ2) is 4.90. The number of aromatic nitrogens is 2. The summed E-state index contributed by atoms with van der Waals surface area (Å²) < 4.78 is 1.97. The molecule has 17 heavy (non-hydrogen) atoms. The molecule has 5 heteroatoms. The monoisotopic (exact) mass is 268 g/mol. The highest BCUT2D eigenvalue weighted by molar-refractivity contribution is 6.42. The third-order valence-electron chi connectivity index (χ3n) is 2.33. The van der Waals surface area contributed by atoms with Gasteiger partial charge in [0.05, 0.1) is 16.2 Å². The van der Waals surface area contributed by atoms with Crippen molar-refractivity contribution in [2.75, 3.05) is 0 Å². The largest absolute Gasteiger partial charge is 0.294 e. The van der Waals surface area contributed by atoms with E-state index in [4.69, 9.17) is 23.2 Å². The number of hydrogen-bond donors (Lipinski definition) is 0. The number of carbonyl (C=O) groups excluding carboxylic acids is 1. The standard InChI is InChI=1S/C9H8Cl2O.C3H2N2/c1-2-9(12)6-3-4-7(10)8(11)5-6;1-3-4-2-5(1)3/h3-5H,2H2,1H3;1-2H. The Bertz CT molecular complexity index is 539. The Morgan fingerprint density at radius 2 is 2.06 bits per heavy atom. The molecule has 0 aromatic heterocycles. The molecule has 3 nitrogen and oxygen atoms in total. The summed E-state index contributed by atoms with van der Waals surface area (Å²) in [5.41, 5.74) is 0.618. The van der Waals surface area contributed by atoms with Crippen molar-refractivity contribution in [2.24, 2.45) is 0 Å². The van der Waals surface area contributed by atoms with Gasteiger partial charge in [0.2, 0.25) is 0 Å². The quantitative estimate of drug-likeness (QED) is 0.664. The topological polar surface area (TPSA) is 34.9 Å². The van der Waals surface area contributed by atoms with E-state index in [1.165, 1.54) is 0 Å². The van der Waals surface area contributed by atoms with E-state index < -0.39 is 0 Å². The summed E-state index contributed by atoms with van der Waals surface area (Å²) in [4.78, 5) is 15.0. The van der Waals surface area contributed by atoms with Crippen LogP contribution in [0.1, 0.15) is 23.7 Å². The lowest BCUT2D eigenvalue weighted by atomic mass is 10.1. The van der Waals surface area contributed by atoms with Crippen molar-refractivity contribution in [1.82, 2.24) is 9.55 Å². The van der Waals surface area contributed by atoms with Crippen molar-refractivity contribution in [2.45, 2.75) is 13.3 Å². The van der Waals surface area contributed by atoms with Gasteiger partial charge in [-0.3, -0.25) is 9.36 Å². The molecule has 0 saturated heterocycles. The lowest BCUT2D eigenvalue weighted by molar-refractivity contribution is 0.0988. The third kappa shape index (κ3) is 2.87. The van der Waals surface area contributed by atoms with Gasteiger partial charge in [-0.15, -0.1) is 0 Å². The van der Waals surface area contributed by atoms with Crippen LogP contribution in [0, 0.1) is 0 Å². The van der Waals surface area contributed by atoms with Crippen molar-refractivity contribution in [3.05, 3.63) is 46.3 Å². The molecule has 88 valence electrons. The first kappa shape index (κ1) is 12.1. The van der Waals surface area contributed by atoms with Gasteiger partial charge in [0.1, 0.15) is 6.33 Å². The molecule has 0 amide bonds.